The molecule has 73 heavy (non-hydrogen) atoms. The number of hydrogen-bond donors (Lipinski definition) is 1. The van der Waals surface area contributed by atoms with Crippen LogP contribution in [0.5, 0.6) is 0 Å². The summed E-state index contributed by atoms with van der Waals surface area (Å²) in [6, 6.07) is 6.03. The SMILES string of the molecule is C=CCN=Cc1c(CC)c2cc3[nH+]c(c(CC(=O)OC)c4[n-]c(cc5[nH+]c(cc1[n-]2)C(C=C)=C5C)C(C)C4CCC(=O)OC/C=C(\C)CCCC(C)CCCC(C)CCCC(C)C)C(C(=O)NCC=C)=C3C.[Mg+2]. The number of amides is 1. The van der Waals surface area contributed by atoms with Gasteiger partial charge in [-0.25, -0.2) is 9.97 Å². The van der Waals surface area contributed by atoms with Crippen molar-refractivity contribution in [1.82, 2.24) is 15.3 Å². The fourth-order valence-electron chi connectivity index (χ4n) is 10.2. The van der Waals surface area contributed by atoms with Gasteiger partial charge in [-0.1, -0.05) is 122 Å². The van der Waals surface area contributed by atoms with Crippen molar-refractivity contribution in [2.75, 3.05) is 26.8 Å². The first-order valence-electron chi connectivity index (χ1n) is 26.6. The summed E-state index contributed by atoms with van der Waals surface area (Å²) >= 11 is 0. The molecule has 4 atom stereocenters. The van der Waals surface area contributed by atoms with Gasteiger partial charge in [0.1, 0.15) is 12.2 Å². The zero-order valence-electron chi connectivity index (χ0n) is 46.0. The Bertz CT molecular complexity index is 2640. The second-order valence-electron chi connectivity index (χ2n) is 20.6. The summed E-state index contributed by atoms with van der Waals surface area (Å²) in [4.78, 5) is 63.9. The molecule has 1 amide bonds. The van der Waals surface area contributed by atoms with E-state index in [1.165, 1.54) is 57.6 Å². The summed E-state index contributed by atoms with van der Waals surface area (Å²) in [5.74, 6) is 0.641. The van der Waals surface area contributed by atoms with Crippen molar-refractivity contribution in [3.05, 3.63) is 119 Å². The van der Waals surface area contributed by atoms with Crippen LogP contribution in [0.15, 0.2) is 72.8 Å². The maximum Gasteiger partial charge on any atom is 2.00 e. The molecule has 2 aromatic rings. The Morgan fingerprint density at radius 2 is 1.51 bits per heavy atom. The van der Waals surface area contributed by atoms with Gasteiger partial charge in [0, 0.05) is 35.9 Å². The van der Waals surface area contributed by atoms with Gasteiger partial charge in [0.2, 0.25) is 22.8 Å². The van der Waals surface area contributed by atoms with Crippen LogP contribution in [0.2, 0.25) is 0 Å². The minimum Gasteiger partial charge on any atom is -0.664 e. The second-order valence-corrected chi connectivity index (χ2v) is 20.6. The number of fused-ring (bicyclic) bond motifs is 8. The first kappa shape index (κ1) is 60.2. The zero-order chi connectivity index (χ0) is 52.5. The van der Waals surface area contributed by atoms with Crippen LogP contribution in [0, 0.1) is 17.8 Å². The minimum absolute atomic E-state index is 0. The number of ether oxygens (including phenoxy) is 2. The molecule has 5 rings (SSSR count). The molecule has 0 aliphatic carbocycles. The number of hydrogen-bond acceptors (Lipinski definition) is 6. The van der Waals surface area contributed by atoms with Crippen LogP contribution >= 0.6 is 0 Å². The Kier molecular flexibility index (Phi) is 24.4. The third-order valence-corrected chi connectivity index (χ3v) is 14.6. The molecule has 8 bridgehead atoms. The smallest absolute Gasteiger partial charge is 0.664 e. The molecule has 0 fully saturated rings. The summed E-state index contributed by atoms with van der Waals surface area (Å²) in [6.45, 7) is 32.4. The number of aryl methyl sites for hydroxylation is 1. The number of nitrogens with one attached hydrogen (secondary N) is 3. The monoisotopic (exact) mass is 1000 g/mol. The second kappa shape index (κ2) is 29.5. The van der Waals surface area contributed by atoms with E-state index in [0.29, 0.717) is 64.6 Å². The minimum atomic E-state index is -0.496. The molecule has 5 heterocycles. The predicted octanol–water partition coefficient (Wildman–Crippen LogP) is 11.6. The Balaban J connectivity index is 0.0000116. The molecule has 388 valence electrons. The number of esters is 2. The zero-order valence-corrected chi connectivity index (χ0v) is 47.4. The molecule has 4 unspecified atom stereocenters. The number of aliphatic imine (C=N–C) groups is 1. The fraction of sp³-hybridized carbons (Fsp3) is 0.508. The topological polar surface area (TPSA) is 151 Å². The predicted molar refractivity (Wildman–Crippen MR) is 299 cm³/mol. The molecular weight excluding hydrogens is 921 g/mol. The van der Waals surface area contributed by atoms with Gasteiger partial charge in [0.15, 0.2) is 0 Å². The van der Waals surface area contributed by atoms with E-state index < -0.39 is 5.97 Å². The summed E-state index contributed by atoms with van der Waals surface area (Å²) in [7, 11) is 1.35. The van der Waals surface area contributed by atoms with Crippen LogP contribution in [0.3, 0.4) is 0 Å². The number of nitrogens with zero attached hydrogens (tertiary/aromatic N) is 3. The van der Waals surface area contributed by atoms with E-state index in [4.69, 9.17) is 19.4 Å². The number of H-pyrrole nitrogens is 2. The van der Waals surface area contributed by atoms with Gasteiger partial charge in [0.05, 0.1) is 25.6 Å². The normalized spacial score (nSPS) is 16.0. The van der Waals surface area contributed by atoms with E-state index in [9.17, 15) is 14.4 Å². The van der Waals surface area contributed by atoms with Crippen molar-refractivity contribution < 1.29 is 33.8 Å². The molecule has 0 saturated carbocycles. The fourth-order valence-corrected chi connectivity index (χ4v) is 10.2. The Labute approximate surface area is 452 Å². The summed E-state index contributed by atoms with van der Waals surface area (Å²) < 4.78 is 11.2. The molecular formula is C61H84MgN6O5+2. The average molecular weight is 1010 g/mol. The van der Waals surface area contributed by atoms with Gasteiger partial charge in [-0.05, 0) is 106 Å². The standard InChI is InChI=1S/C61H83N6O5.Mg/c1-14-30-62-37-49-46(17-4)54-35-52-44(12)58(61(70)63-31-15-2)60(67-52)48(33-57(69)71-13)59-47(43(11)51(66-59)34-50-42(10)45(16-3)53(64-50)36-55(49)65-54)27-28-56(68)72-32-29-41(9)26-20-25-40(8)24-19-23-39(7)22-18-21-38(5)6;/h14-16,29,34-40,43,47H,1-3,17-28,30-33H2,4-13H3,(H2-,62,63,64,65,66,67,70);/q-1;+2/p+1/b41-29+;. The molecule has 3 N–H and O–H groups in total. The Morgan fingerprint density at radius 1 is 0.836 bits per heavy atom. The number of aromatic amines is 2. The summed E-state index contributed by atoms with van der Waals surface area (Å²) in [5, 5.41) is 2.97. The molecule has 3 aliphatic heterocycles. The van der Waals surface area contributed by atoms with Gasteiger partial charge >= 0.3 is 35.0 Å². The quantitative estimate of drug-likeness (QED) is 0.0405. The van der Waals surface area contributed by atoms with Crippen molar-refractivity contribution in [2.45, 2.75) is 158 Å². The number of carbonyl (C=O) groups is 3. The van der Waals surface area contributed by atoms with E-state index in [1.807, 2.05) is 50.4 Å². The van der Waals surface area contributed by atoms with Crippen molar-refractivity contribution in [3.63, 3.8) is 0 Å². The van der Waals surface area contributed by atoms with Crippen molar-refractivity contribution in [1.29, 1.82) is 0 Å². The van der Waals surface area contributed by atoms with Crippen molar-refractivity contribution in [2.24, 2.45) is 22.7 Å². The van der Waals surface area contributed by atoms with Gasteiger partial charge in [-0.2, -0.15) is 0 Å². The molecule has 12 heteroatoms. The van der Waals surface area contributed by atoms with Crippen molar-refractivity contribution >= 4 is 80.4 Å². The van der Waals surface area contributed by atoms with E-state index >= 15 is 0 Å². The number of carbonyl (C=O) groups excluding carboxylic acids is 3. The van der Waals surface area contributed by atoms with E-state index in [2.05, 4.69) is 88.5 Å². The van der Waals surface area contributed by atoms with E-state index in [0.717, 1.165) is 69.5 Å². The van der Waals surface area contributed by atoms with Gasteiger partial charge in [-0.3, -0.25) is 19.4 Å². The third kappa shape index (κ3) is 16.3. The molecule has 3 aliphatic rings. The first-order chi connectivity index (χ1) is 34.5. The van der Waals surface area contributed by atoms with Gasteiger partial charge < -0.3 is 24.8 Å². The summed E-state index contributed by atoms with van der Waals surface area (Å²) in [5.41, 5.74) is 12.1. The molecule has 0 aromatic carbocycles. The maximum absolute atomic E-state index is 14.3. The molecule has 11 nitrogen and oxygen atoms in total. The average Bonchev–Trinajstić information content (AvgIpc) is 4.04. The molecule has 2 aromatic heterocycles. The van der Waals surface area contributed by atoms with Crippen LogP contribution in [0.25, 0.3) is 33.3 Å². The summed E-state index contributed by atoms with van der Waals surface area (Å²) in [6.07, 6.45) is 21.3. The largest absolute Gasteiger partial charge is 2.00 e. The Hall–Kier alpha value is -5.33. The van der Waals surface area contributed by atoms with Crippen LogP contribution in [-0.4, -0.2) is 73.9 Å². The molecule has 0 radical (unpaired) electrons. The molecule has 0 saturated heterocycles. The van der Waals surface area contributed by atoms with E-state index in [-0.39, 0.29) is 72.8 Å². The number of aromatic nitrogens is 4. The van der Waals surface area contributed by atoms with Crippen molar-refractivity contribution in [3.8, 4) is 0 Å². The first-order valence-corrected chi connectivity index (χ1v) is 26.6. The van der Waals surface area contributed by atoms with Crippen LogP contribution in [0.1, 0.15) is 196 Å². The van der Waals surface area contributed by atoms with Gasteiger partial charge in [0.25, 0.3) is 5.91 Å². The van der Waals surface area contributed by atoms with Crippen LogP contribution < -0.4 is 25.3 Å². The number of methoxy groups -OCH3 is 1. The number of rotatable bonds is 27. The van der Waals surface area contributed by atoms with E-state index in [1.54, 1.807) is 12.2 Å². The maximum atomic E-state index is 14.3. The Morgan fingerprint density at radius 3 is 2.15 bits per heavy atom. The van der Waals surface area contributed by atoms with Gasteiger partial charge in [-0.15, -0.1) is 35.6 Å². The third-order valence-electron chi connectivity index (χ3n) is 14.6. The number of allylic oxidation sites excluding steroid dienone is 5. The van der Waals surface area contributed by atoms with Crippen LogP contribution in [0.4, 0.5) is 0 Å². The van der Waals surface area contributed by atoms with Crippen LogP contribution in [-0.2, 0) is 36.7 Å². The molecule has 0 spiro atoms.